The normalized spacial score (nSPS) is 17.5. The van der Waals surface area contributed by atoms with E-state index >= 15 is 0 Å². The molecule has 0 N–H and O–H groups in total. The van der Waals surface area contributed by atoms with Crippen molar-refractivity contribution in [1.29, 1.82) is 0 Å². The SMILES string of the molecule is COC1=C(OC)C(=O)C2=C(CC(CCCCCCCCN(C)C)C2)C1=O.Cl. The van der Waals surface area contributed by atoms with Gasteiger partial charge in [0.2, 0.25) is 23.1 Å². The predicted molar refractivity (Wildman–Crippen MR) is 109 cm³/mol. The summed E-state index contributed by atoms with van der Waals surface area (Å²) in [5.74, 6) is 0.199. The fourth-order valence-corrected chi connectivity index (χ4v) is 3.98. The van der Waals surface area contributed by atoms with Crippen LogP contribution in [0.1, 0.15) is 57.8 Å². The van der Waals surface area contributed by atoms with Crippen LogP contribution in [0.15, 0.2) is 22.7 Å². The van der Waals surface area contributed by atoms with E-state index < -0.39 is 0 Å². The summed E-state index contributed by atoms with van der Waals surface area (Å²) in [5, 5.41) is 0. The molecule has 2 aliphatic rings. The number of unbranched alkanes of at least 4 members (excludes halogenated alkanes) is 5. The van der Waals surface area contributed by atoms with Gasteiger partial charge in [0.05, 0.1) is 14.2 Å². The van der Waals surface area contributed by atoms with Crippen molar-refractivity contribution in [3.8, 4) is 0 Å². The lowest BCUT2D eigenvalue weighted by atomic mass is 9.94. The first-order valence-corrected chi connectivity index (χ1v) is 9.78. The number of ether oxygens (including phenoxy) is 2. The average molecular weight is 400 g/mol. The zero-order valence-corrected chi connectivity index (χ0v) is 18.0. The van der Waals surface area contributed by atoms with Crippen molar-refractivity contribution < 1.29 is 19.1 Å². The number of hydrogen-bond acceptors (Lipinski definition) is 5. The first-order chi connectivity index (χ1) is 12.5. The van der Waals surface area contributed by atoms with E-state index in [1.54, 1.807) is 0 Å². The van der Waals surface area contributed by atoms with Gasteiger partial charge < -0.3 is 14.4 Å². The molecule has 0 spiro atoms. The van der Waals surface area contributed by atoms with Gasteiger partial charge in [-0.25, -0.2) is 0 Å². The van der Waals surface area contributed by atoms with Crippen molar-refractivity contribution in [2.24, 2.45) is 5.92 Å². The molecule has 0 saturated carbocycles. The molecule has 0 aromatic carbocycles. The summed E-state index contributed by atoms with van der Waals surface area (Å²) in [7, 11) is 7.06. The van der Waals surface area contributed by atoms with E-state index in [1.165, 1.54) is 59.3 Å². The summed E-state index contributed by atoms with van der Waals surface area (Å²) < 4.78 is 10.3. The summed E-state index contributed by atoms with van der Waals surface area (Å²) in [6.07, 6.45) is 10.0. The van der Waals surface area contributed by atoms with Crippen LogP contribution in [0.4, 0.5) is 0 Å². The molecule has 27 heavy (non-hydrogen) atoms. The molecule has 2 rings (SSSR count). The highest BCUT2D eigenvalue weighted by molar-refractivity contribution is 6.24. The van der Waals surface area contributed by atoms with Crippen LogP contribution in [0.25, 0.3) is 0 Å². The quantitative estimate of drug-likeness (QED) is 0.387. The van der Waals surface area contributed by atoms with E-state index in [1.807, 2.05) is 0 Å². The Morgan fingerprint density at radius 3 is 1.70 bits per heavy atom. The molecule has 2 aliphatic carbocycles. The van der Waals surface area contributed by atoms with Gasteiger partial charge in [-0.3, -0.25) is 9.59 Å². The number of Topliss-reactive ketones (excluding diaryl/α,β-unsaturated/α-hetero) is 2. The summed E-state index contributed by atoms with van der Waals surface area (Å²) in [4.78, 5) is 27.3. The predicted octanol–water partition coefficient (Wildman–Crippen LogP) is 4.06. The Balaban J connectivity index is 0.00000364. The fraction of sp³-hybridized carbons (Fsp3) is 0.714. The highest BCUT2D eigenvalue weighted by Gasteiger charge is 2.41. The molecule has 0 radical (unpaired) electrons. The van der Waals surface area contributed by atoms with Crippen LogP contribution < -0.4 is 0 Å². The van der Waals surface area contributed by atoms with Crippen molar-refractivity contribution in [3.05, 3.63) is 22.7 Å². The van der Waals surface area contributed by atoms with E-state index in [0.29, 0.717) is 29.9 Å². The second-order valence-corrected chi connectivity index (χ2v) is 7.67. The smallest absolute Gasteiger partial charge is 0.228 e. The molecule has 0 bridgehead atoms. The monoisotopic (exact) mass is 399 g/mol. The average Bonchev–Trinajstić information content (AvgIpc) is 3.04. The molecule has 0 aromatic heterocycles. The lowest BCUT2D eigenvalue weighted by Gasteiger charge is -2.17. The highest BCUT2D eigenvalue weighted by Crippen LogP contribution is 2.41. The lowest BCUT2D eigenvalue weighted by Crippen LogP contribution is -2.23. The highest BCUT2D eigenvalue weighted by atomic mass is 35.5. The zero-order chi connectivity index (χ0) is 19.1. The molecule has 154 valence electrons. The van der Waals surface area contributed by atoms with Crippen LogP contribution in [-0.4, -0.2) is 51.3 Å². The molecule has 0 heterocycles. The number of hydrogen-bond donors (Lipinski definition) is 0. The van der Waals surface area contributed by atoms with Gasteiger partial charge in [0, 0.05) is 11.1 Å². The van der Waals surface area contributed by atoms with Crippen LogP contribution in [-0.2, 0) is 19.1 Å². The Kier molecular flexibility index (Phi) is 10.1. The third-order valence-electron chi connectivity index (χ3n) is 5.39. The number of carbonyl (C=O) groups is 2. The zero-order valence-electron chi connectivity index (χ0n) is 17.1. The number of ketones is 2. The van der Waals surface area contributed by atoms with Gasteiger partial charge in [0.15, 0.2) is 0 Å². The second kappa shape index (κ2) is 11.5. The van der Waals surface area contributed by atoms with Crippen molar-refractivity contribution >= 4 is 24.0 Å². The van der Waals surface area contributed by atoms with Crippen LogP contribution in [0.2, 0.25) is 0 Å². The van der Waals surface area contributed by atoms with Crippen LogP contribution >= 0.6 is 12.4 Å². The number of halogens is 1. The standard InChI is InChI=1S/C21H33NO4.ClH/c1-22(2)12-10-8-6-5-7-9-11-15-13-16-17(14-15)19(24)21(26-4)20(25-3)18(16)23;/h15H,5-14H2,1-4H3;1H. The molecule has 0 unspecified atom stereocenters. The molecular formula is C21H34ClNO4. The van der Waals surface area contributed by atoms with E-state index in [-0.39, 0.29) is 35.5 Å². The lowest BCUT2D eigenvalue weighted by molar-refractivity contribution is -0.121. The van der Waals surface area contributed by atoms with E-state index in [2.05, 4.69) is 19.0 Å². The van der Waals surface area contributed by atoms with Gasteiger partial charge >= 0.3 is 0 Å². The van der Waals surface area contributed by atoms with Gasteiger partial charge in [-0.05, 0) is 52.2 Å². The third-order valence-corrected chi connectivity index (χ3v) is 5.39. The summed E-state index contributed by atoms with van der Waals surface area (Å²) in [6.45, 7) is 1.17. The molecule has 0 fully saturated rings. The first-order valence-electron chi connectivity index (χ1n) is 9.78. The third kappa shape index (κ3) is 6.08. The van der Waals surface area contributed by atoms with Gasteiger partial charge in [0.1, 0.15) is 0 Å². The minimum absolute atomic E-state index is 0. The van der Waals surface area contributed by atoms with E-state index in [4.69, 9.17) is 9.47 Å². The second-order valence-electron chi connectivity index (χ2n) is 7.67. The topological polar surface area (TPSA) is 55.8 Å². The minimum atomic E-state index is -0.164. The van der Waals surface area contributed by atoms with E-state index in [0.717, 1.165) is 6.42 Å². The number of carbonyl (C=O) groups excluding carboxylic acids is 2. The number of rotatable bonds is 11. The van der Waals surface area contributed by atoms with Gasteiger partial charge in [-0.1, -0.05) is 32.1 Å². The molecule has 5 nitrogen and oxygen atoms in total. The van der Waals surface area contributed by atoms with Crippen LogP contribution in [0, 0.1) is 5.92 Å². The van der Waals surface area contributed by atoms with Gasteiger partial charge in [0.25, 0.3) is 0 Å². The van der Waals surface area contributed by atoms with Crippen molar-refractivity contribution in [2.75, 3.05) is 34.9 Å². The van der Waals surface area contributed by atoms with Crippen molar-refractivity contribution in [3.63, 3.8) is 0 Å². The largest absolute Gasteiger partial charge is 0.489 e. The van der Waals surface area contributed by atoms with Crippen LogP contribution in [0.5, 0.6) is 0 Å². The number of nitrogens with zero attached hydrogens (tertiary/aromatic N) is 1. The number of methoxy groups -OCH3 is 2. The Morgan fingerprint density at radius 2 is 1.26 bits per heavy atom. The maximum absolute atomic E-state index is 12.5. The molecule has 0 aliphatic heterocycles. The Morgan fingerprint density at radius 1 is 0.815 bits per heavy atom. The maximum Gasteiger partial charge on any atom is 0.228 e. The Hall–Kier alpha value is -1.33. The molecule has 0 aromatic rings. The molecular weight excluding hydrogens is 366 g/mol. The number of allylic oxidation sites excluding steroid dienone is 2. The summed E-state index contributed by atoms with van der Waals surface area (Å²) in [6, 6.07) is 0. The van der Waals surface area contributed by atoms with Gasteiger partial charge in [-0.15, -0.1) is 12.4 Å². The molecule has 0 atom stereocenters. The molecule has 0 saturated heterocycles. The Bertz CT molecular complexity index is 557. The van der Waals surface area contributed by atoms with Crippen molar-refractivity contribution in [1.82, 2.24) is 4.90 Å². The Labute approximate surface area is 169 Å². The van der Waals surface area contributed by atoms with Gasteiger partial charge in [-0.2, -0.15) is 0 Å². The van der Waals surface area contributed by atoms with Crippen molar-refractivity contribution in [2.45, 2.75) is 57.8 Å². The fourth-order valence-electron chi connectivity index (χ4n) is 3.98. The maximum atomic E-state index is 12.5. The molecule has 6 heteroatoms. The van der Waals surface area contributed by atoms with Crippen LogP contribution in [0.3, 0.4) is 0 Å². The molecule has 0 amide bonds. The summed E-state index contributed by atoms with van der Waals surface area (Å²) >= 11 is 0. The van der Waals surface area contributed by atoms with E-state index in [9.17, 15) is 9.59 Å². The summed E-state index contributed by atoms with van der Waals surface area (Å²) in [5.41, 5.74) is 1.31. The minimum Gasteiger partial charge on any atom is -0.489 e. The first kappa shape index (κ1) is 23.7.